The fourth-order valence-electron chi connectivity index (χ4n) is 1.34. The van der Waals surface area contributed by atoms with Gasteiger partial charge < -0.3 is 11.1 Å². The van der Waals surface area contributed by atoms with Gasteiger partial charge in [0.1, 0.15) is 10.4 Å². The number of nitrogens with zero attached hydrogens (tertiary/aromatic N) is 3. The van der Waals surface area contributed by atoms with E-state index in [9.17, 15) is 0 Å². The van der Waals surface area contributed by atoms with Gasteiger partial charge in [-0.3, -0.25) is 0 Å². The maximum absolute atomic E-state index is 5.61. The number of nitrogen functional groups attached to an aromatic ring is 1. The zero-order valence-electron chi connectivity index (χ0n) is 9.27. The highest BCUT2D eigenvalue weighted by Gasteiger charge is 2.01. The van der Waals surface area contributed by atoms with E-state index in [1.807, 2.05) is 6.92 Å². The Morgan fingerprint density at radius 2 is 2.24 bits per heavy atom. The van der Waals surface area contributed by atoms with Crippen molar-refractivity contribution in [2.75, 3.05) is 17.6 Å². The lowest BCUT2D eigenvalue weighted by atomic mass is 10.3. The number of aryl methyl sites for hydroxylation is 1. The second-order valence-corrected chi connectivity index (χ2v) is 5.35. The highest BCUT2D eigenvalue weighted by Crippen LogP contribution is 2.12. The Balaban J connectivity index is 1.89. The van der Waals surface area contributed by atoms with Gasteiger partial charge in [-0.25, -0.2) is 9.97 Å². The molecule has 5 nitrogen and oxygen atoms in total. The van der Waals surface area contributed by atoms with Gasteiger partial charge in [-0.2, -0.15) is 4.98 Å². The van der Waals surface area contributed by atoms with Crippen molar-refractivity contribution in [3.8, 4) is 0 Å². The average Bonchev–Trinajstić information content (AvgIpc) is 2.63. The van der Waals surface area contributed by atoms with Crippen LogP contribution >= 0.6 is 27.3 Å². The fraction of sp³-hybridized carbons (Fsp3) is 0.300. The van der Waals surface area contributed by atoms with Crippen LogP contribution in [-0.2, 0) is 6.42 Å². The lowest BCUT2D eigenvalue weighted by molar-refractivity contribution is 0.946. The number of anilines is 2. The molecule has 2 aromatic rings. The molecule has 2 heterocycles. The maximum Gasteiger partial charge on any atom is 0.225 e. The first-order valence-electron chi connectivity index (χ1n) is 5.08. The van der Waals surface area contributed by atoms with Crippen LogP contribution in [0.4, 0.5) is 11.8 Å². The minimum absolute atomic E-state index is 0.443. The Kier molecular flexibility index (Phi) is 3.90. The summed E-state index contributed by atoms with van der Waals surface area (Å²) in [7, 11) is 0. The molecule has 2 rings (SSSR count). The van der Waals surface area contributed by atoms with E-state index < -0.39 is 0 Å². The lowest BCUT2D eigenvalue weighted by Crippen LogP contribution is -2.09. The van der Waals surface area contributed by atoms with E-state index in [0.29, 0.717) is 16.4 Å². The number of thiazole rings is 1. The molecule has 7 heteroatoms. The van der Waals surface area contributed by atoms with Gasteiger partial charge in [0.25, 0.3) is 0 Å². The monoisotopic (exact) mass is 313 g/mol. The van der Waals surface area contributed by atoms with E-state index in [1.165, 1.54) is 0 Å². The number of nitrogens with one attached hydrogen (secondary N) is 1. The molecule has 0 atom stereocenters. The third-order valence-electron chi connectivity index (χ3n) is 2.05. The zero-order valence-corrected chi connectivity index (χ0v) is 11.7. The van der Waals surface area contributed by atoms with E-state index in [0.717, 1.165) is 23.7 Å². The summed E-state index contributed by atoms with van der Waals surface area (Å²) in [6.07, 6.45) is 0.847. The Morgan fingerprint density at radius 3 is 2.88 bits per heavy atom. The molecule has 0 radical (unpaired) electrons. The molecular weight excluding hydrogens is 302 g/mol. The Morgan fingerprint density at radius 1 is 1.41 bits per heavy atom. The summed E-state index contributed by atoms with van der Waals surface area (Å²) in [5, 5.41) is 6.27. The van der Waals surface area contributed by atoms with E-state index in [2.05, 4.69) is 41.6 Å². The van der Waals surface area contributed by atoms with E-state index in [1.54, 1.807) is 17.4 Å². The summed E-state index contributed by atoms with van der Waals surface area (Å²) < 4.78 is 0.678. The van der Waals surface area contributed by atoms with Crippen LogP contribution in [0.2, 0.25) is 0 Å². The van der Waals surface area contributed by atoms with E-state index in [4.69, 9.17) is 5.73 Å². The first-order valence-corrected chi connectivity index (χ1v) is 6.75. The summed E-state index contributed by atoms with van der Waals surface area (Å²) in [6, 6.07) is 1.66. The number of rotatable bonds is 4. The first-order chi connectivity index (χ1) is 8.13. The molecule has 0 unspecified atom stereocenters. The molecule has 0 aliphatic rings. The van der Waals surface area contributed by atoms with Gasteiger partial charge in [-0.05, 0) is 22.9 Å². The smallest absolute Gasteiger partial charge is 0.225 e. The van der Waals surface area contributed by atoms with Gasteiger partial charge in [-0.1, -0.05) is 0 Å². The number of hydrogen-bond donors (Lipinski definition) is 2. The van der Waals surface area contributed by atoms with Crippen molar-refractivity contribution in [3.05, 3.63) is 26.8 Å². The SMILES string of the molecule is Cc1nc(CCNc2nc(N)cc(Br)n2)cs1. The molecule has 2 aromatic heterocycles. The van der Waals surface area contributed by atoms with Crippen LogP contribution in [0.3, 0.4) is 0 Å². The van der Waals surface area contributed by atoms with Gasteiger partial charge in [0.15, 0.2) is 0 Å². The van der Waals surface area contributed by atoms with Crippen LogP contribution in [-0.4, -0.2) is 21.5 Å². The summed E-state index contributed by atoms with van der Waals surface area (Å²) >= 11 is 4.93. The van der Waals surface area contributed by atoms with Gasteiger partial charge in [0, 0.05) is 24.4 Å². The maximum atomic E-state index is 5.61. The van der Waals surface area contributed by atoms with Gasteiger partial charge >= 0.3 is 0 Å². The average molecular weight is 314 g/mol. The molecule has 0 aromatic carbocycles. The summed E-state index contributed by atoms with van der Waals surface area (Å²) in [4.78, 5) is 12.6. The number of nitrogens with two attached hydrogens (primary N) is 1. The van der Waals surface area contributed by atoms with Crippen molar-refractivity contribution in [2.45, 2.75) is 13.3 Å². The number of hydrogen-bond acceptors (Lipinski definition) is 6. The summed E-state index contributed by atoms with van der Waals surface area (Å²) in [5.41, 5.74) is 6.70. The molecule has 0 bridgehead atoms. The van der Waals surface area contributed by atoms with Gasteiger partial charge in [0.05, 0.1) is 10.7 Å². The highest BCUT2D eigenvalue weighted by atomic mass is 79.9. The van der Waals surface area contributed by atoms with Gasteiger partial charge in [0.2, 0.25) is 5.95 Å². The minimum atomic E-state index is 0.443. The minimum Gasteiger partial charge on any atom is -0.383 e. The van der Waals surface area contributed by atoms with Gasteiger partial charge in [-0.15, -0.1) is 11.3 Å². The number of aromatic nitrogens is 3. The topological polar surface area (TPSA) is 76.7 Å². The molecule has 0 saturated heterocycles. The fourth-order valence-corrected chi connectivity index (χ4v) is 2.39. The zero-order chi connectivity index (χ0) is 12.3. The quantitative estimate of drug-likeness (QED) is 0.846. The third kappa shape index (κ3) is 3.64. The summed E-state index contributed by atoms with van der Waals surface area (Å²) in [6.45, 7) is 2.73. The Hall–Kier alpha value is -1.21. The van der Waals surface area contributed by atoms with Crippen molar-refractivity contribution >= 4 is 39.0 Å². The van der Waals surface area contributed by atoms with Crippen LogP contribution in [0.5, 0.6) is 0 Å². The molecule has 0 fully saturated rings. The second-order valence-electron chi connectivity index (χ2n) is 3.47. The molecule has 3 N–H and O–H groups in total. The van der Waals surface area contributed by atoms with Crippen LogP contribution in [0.25, 0.3) is 0 Å². The standard InChI is InChI=1S/C10H12BrN5S/c1-6-14-7(5-17-6)2-3-13-10-15-8(11)4-9(12)16-10/h4-5H,2-3H2,1H3,(H3,12,13,15,16). The summed E-state index contributed by atoms with van der Waals surface area (Å²) in [5.74, 6) is 0.975. The van der Waals surface area contributed by atoms with Crippen molar-refractivity contribution in [1.82, 2.24) is 15.0 Å². The Labute approximate surface area is 112 Å². The normalized spacial score (nSPS) is 10.5. The van der Waals surface area contributed by atoms with Crippen molar-refractivity contribution < 1.29 is 0 Å². The van der Waals surface area contributed by atoms with Crippen molar-refractivity contribution in [1.29, 1.82) is 0 Å². The largest absolute Gasteiger partial charge is 0.383 e. The molecule has 17 heavy (non-hydrogen) atoms. The van der Waals surface area contributed by atoms with Crippen molar-refractivity contribution in [3.63, 3.8) is 0 Å². The number of halogens is 1. The van der Waals surface area contributed by atoms with Crippen LogP contribution in [0, 0.1) is 6.92 Å². The predicted octanol–water partition coefficient (Wildman–Crippen LogP) is 2.24. The molecule has 0 saturated carbocycles. The molecule has 0 spiro atoms. The lowest BCUT2D eigenvalue weighted by Gasteiger charge is -2.04. The van der Waals surface area contributed by atoms with Crippen LogP contribution in [0.15, 0.2) is 16.0 Å². The second kappa shape index (κ2) is 5.42. The van der Waals surface area contributed by atoms with Crippen LogP contribution < -0.4 is 11.1 Å². The molecule has 90 valence electrons. The van der Waals surface area contributed by atoms with E-state index >= 15 is 0 Å². The van der Waals surface area contributed by atoms with Crippen molar-refractivity contribution in [2.24, 2.45) is 0 Å². The molecule has 0 amide bonds. The van der Waals surface area contributed by atoms with Crippen LogP contribution in [0.1, 0.15) is 10.7 Å². The first kappa shape index (κ1) is 12.3. The molecule has 0 aliphatic heterocycles. The van der Waals surface area contributed by atoms with E-state index in [-0.39, 0.29) is 0 Å². The molecule has 0 aliphatic carbocycles. The highest BCUT2D eigenvalue weighted by molar-refractivity contribution is 9.10. The molecular formula is C10H12BrN5S. The third-order valence-corrected chi connectivity index (χ3v) is 3.27. The predicted molar refractivity (Wildman–Crippen MR) is 73.2 cm³/mol. The Bertz CT molecular complexity index is 493.